The molecule has 1 unspecified atom stereocenters. The second kappa shape index (κ2) is 4.02. The number of carbonyl (C=O) groups is 1. The minimum absolute atomic E-state index is 0.0402. The van der Waals surface area contributed by atoms with Gasteiger partial charge in [0.25, 0.3) is 0 Å². The number of hydrogen-bond donors (Lipinski definition) is 1. The lowest BCUT2D eigenvalue weighted by atomic mass is 10.3. The molecule has 82 valence electrons. The number of nitrogens with zero attached hydrogens (tertiary/aromatic N) is 3. The molecule has 2 rings (SSSR count). The van der Waals surface area contributed by atoms with Crippen molar-refractivity contribution in [2.24, 2.45) is 7.05 Å². The molecule has 1 fully saturated rings. The first-order chi connectivity index (χ1) is 7.15. The quantitative estimate of drug-likeness (QED) is 0.734. The van der Waals surface area contributed by atoms with Gasteiger partial charge in [-0.1, -0.05) is 0 Å². The number of likely N-dealkylation sites (tertiary alicyclic amines) is 1. The molecule has 1 aromatic heterocycles. The molecule has 5 heteroatoms. The van der Waals surface area contributed by atoms with Crippen molar-refractivity contribution < 1.29 is 9.90 Å². The van der Waals surface area contributed by atoms with Gasteiger partial charge in [-0.25, -0.2) is 0 Å². The maximum atomic E-state index is 11.4. The number of hydrogen-bond acceptors (Lipinski definition) is 3. The summed E-state index contributed by atoms with van der Waals surface area (Å²) in [5, 5.41) is 13.5. The molecule has 1 atom stereocenters. The predicted molar refractivity (Wildman–Crippen MR) is 54.1 cm³/mol. The molecule has 1 aliphatic rings. The Morgan fingerprint density at radius 1 is 1.67 bits per heavy atom. The Bertz CT molecular complexity index is 361. The summed E-state index contributed by atoms with van der Waals surface area (Å²) >= 11 is 0. The Balaban J connectivity index is 1.86. The molecule has 0 spiro atoms. The average Bonchev–Trinajstić information content (AvgIpc) is 2.70. The normalized spacial score (nSPS) is 21.3. The first kappa shape index (κ1) is 10.2. The molecule has 0 aromatic carbocycles. The largest absolute Gasteiger partial charge is 0.391 e. The van der Waals surface area contributed by atoms with E-state index in [0.29, 0.717) is 13.1 Å². The third kappa shape index (κ3) is 2.36. The van der Waals surface area contributed by atoms with E-state index in [4.69, 9.17) is 0 Å². The molecule has 0 aliphatic carbocycles. The molecule has 2 heterocycles. The molecule has 1 amide bonds. The maximum Gasteiger partial charge on any atom is 0.225 e. The Labute approximate surface area is 88.3 Å². The summed E-state index contributed by atoms with van der Waals surface area (Å²) in [5.74, 6) is 0.0402. The van der Waals surface area contributed by atoms with Gasteiger partial charge in [-0.05, 0) is 6.07 Å². The zero-order valence-corrected chi connectivity index (χ0v) is 8.76. The SMILES string of the molecule is Cn1ccc(CCN2CC(O)CC2=O)n1. The van der Waals surface area contributed by atoms with E-state index in [9.17, 15) is 9.90 Å². The summed E-state index contributed by atoms with van der Waals surface area (Å²) in [6.07, 6.45) is 2.42. The van der Waals surface area contributed by atoms with Gasteiger partial charge < -0.3 is 10.0 Å². The number of amides is 1. The Hall–Kier alpha value is -1.36. The van der Waals surface area contributed by atoms with Crippen LogP contribution in [0.25, 0.3) is 0 Å². The van der Waals surface area contributed by atoms with Gasteiger partial charge in [-0.3, -0.25) is 9.48 Å². The smallest absolute Gasteiger partial charge is 0.225 e. The van der Waals surface area contributed by atoms with Crippen LogP contribution in [0.3, 0.4) is 0 Å². The fourth-order valence-corrected chi connectivity index (χ4v) is 1.81. The minimum Gasteiger partial charge on any atom is -0.391 e. The zero-order valence-electron chi connectivity index (χ0n) is 8.76. The Morgan fingerprint density at radius 2 is 2.47 bits per heavy atom. The summed E-state index contributed by atoms with van der Waals surface area (Å²) in [6.45, 7) is 1.11. The maximum absolute atomic E-state index is 11.4. The molecule has 1 N–H and O–H groups in total. The van der Waals surface area contributed by atoms with Crippen LogP contribution in [0.5, 0.6) is 0 Å². The highest BCUT2D eigenvalue weighted by molar-refractivity contribution is 5.78. The standard InChI is InChI=1S/C10H15N3O2/c1-12-4-2-8(11-12)3-5-13-7-9(14)6-10(13)15/h2,4,9,14H,3,5-7H2,1H3. The van der Waals surface area contributed by atoms with Gasteiger partial charge >= 0.3 is 0 Å². The minimum atomic E-state index is -0.485. The van der Waals surface area contributed by atoms with Crippen molar-refractivity contribution in [1.29, 1.82) is 0 Å². The summed E-state index contributed by atoms with van der Waals surface area (Å²) in [6, 6.07) is 1.94. The molecule has 1 saturated heterocycles. The third-order valence-corrected chi connectivity index (χ3v) is 2.60. The van der Waals surface area contributed by atoms with Crippen molar-refractivity contribution in [3.05, 3.63) is 18.0 Å². The van der Waals surface area contributed by atoms with Crippen LogP contribution in [-0.4, -0.2) is 44.9 Å². The van der Waals surface area contributed by atoms with Gasteiger partial charge in [0.05, 0.1) is 18.2 Å². The number of rotatable bonds is 3. The van der Waals surface area contributed by atoms with Crippen molar-refractivity contribution in [2.45, 2.75) is 18.9 Å². The molecule has 0 saturated carbocycles. The number of β-amino-alcohol motifs (C(OH)–C–C–N with tert-alkyl or cyclic N) is 1. The highest BCUT2D eigenvalue weighted by Crippen LogP contribution is 2.11. The molecule has 1 aliphatic heterocycles. The Kier molecular flexibility index (Phi) is 2.73. The summed E-state index contributed by atoms with van der Waals surface area (Å²) in [4.78, 5) is 13.0. The fourth-order valence-electron chi connectivity index (χ4n) is 1.81. The number of aryl methyl sites for hydroxylation is 1. The molecular formula is C10H15N3O2. The van der Waals surface area contributed by atoms with Crippen molar-refractivity contribution in [2.75, 3.05) is 13.1 Å². The second-order valence-electron chi connectivity index (χ2n) is 3.93. The highest BCUT2D eigenvalue weighted by Gasteiger charge is 2.27. The number of carbonyl (C=O) groups excluding carboxylic acids is 1. The van der Waals surface area contributed by atoms with Gasteiger partial charge in [-0.15, -0.1) is 0 Å². The third-order valence-electron chi connectivity index (χ3n) is 2.60. The van der Waals surface area contributed by atoms with E-state index < -0.39 is 6.10 Å². The first-order valence-electron chi connectivity index (χ1n) is 5.09. The molecule has 0 radical (unpaired) electrons. The average molecular weight is 209 g/mol. The van der Waals surface area contributed by atoms with Crippen molar-refractivity contribution in [3.63, 3.8) is 0 Å². The Morgan fingerprint density at radius 3 is 3.00 bits per heavy atom. The van der Waals surface area contributed by atoms with Crippen LogP contribution in [0.1, 0.15) is 12.1 Å². The van der Waals surface area contributed by atoms with Crippen molar-refractivity contribution in [1.82, 2.24) is 14.7 Å². The van der Waals surface area contributed by atoms with E-state index in [0.717, 1.165) is 12.1 Å². The van der Waals surface area contributed by atoms with Crippen LogP contribution < -0.4 is 0 Å². The van der Waals surface area contributed by atoms with Crippen LogP contribution in [0.15, 0.2) is 12.3 Å². The predicted octanol–water partition coefficient (Wildman–Crippen LogP) is -0.444. The topological polar surface area (TPSA) is 58.4 Å². The fraction of sp³-hybridized carbons (Fsp3) is 0.600. The van der Waals surface area contributed by atoms with Gasteiger partial charge in [0.15, 0.2) is 0 Å². The summed E-state index contributed by atoms with van der Waals surface area (Å²) in [7, 11) is 1.87. The lowest BCUT2D eigenvalue weighted by Crippen LogP contribution is -2.28. The summed E-state index contributed by atoms with van der Waals surface area (Å²) in [5.41, 5.74) is 0.978. The highest BCUT2D eigenvalue weighted by atomic mass is 16.3. The van der Waals surface area contributed by atoms with Crippen LogP contribution in [0, 0.1) is 0 Å². The first-order valence-corrected chi connectivity index (χ1v) is 5.09. The van der Waals surface area contributed by atoms with Gasteiger partial charge in [0.1, 0.15) is 0 Å². The monoisotopic (exact) mass is 209 g/mol. The molecule has 5 nitrogen and oxygen atoms in total. The van der Waals surface area contributed by atoms with E-state index in [1.54, 1.807) is 9.58 Å². The lowest BCUT2D eigenvalue weighted by molar-refractivity contribution is -0.127. The zero-order chi connectivity index (χ0) is 10.8. The number of aromatic nitrogens is 2. The van der Waals surface area contributed by atoms with Gasteiger partial charge in [0, 0.05) is 32.8 Å². The number of aliphatic hydroxyl groups excluding tert-OH is 1. The van der Waals surface area contributed by atoms with Crippen molar-refractivity contribution in [3.8, 4) is 0 Å². The van der Waals surface area contributed by atoms with Crippen LogP contribution >= 0.6 is 0 Å². The molecule has 1 aromatic rings. The summed E-state index contributed by atoms with van der Waals surface area (Å²) < 4.78 is 1.75. The van der Waals surface area contributed by atoms with Crippen LogP contribution in [-0.2, 0) is 18.3 Å². The molecule has 0 bridgehead atoms. The van der Waals surface area contributed by atoms with E-state index in [-0.39, 0.29) is 12.3 Å². The van der Waals surface area contributed by atoms with Crippen LogP contribution in [0.4, 0.5) is 0 Å². The lowest BCUT2D eigenvalue weighted by Gasteiger charge is -2.14. The van der Waals surface area contributed by atoms with E-state index in [1.807, 2.05) is 19.3 Å². The van der Waals surface area contributed by atoms with Crippen molar-refractivity contribution >= 4 is 5.91 Å². The number of aliphatic hydroxyl groups is 1. The molecule has 15 heavy (non-hydrogen) atoms. The van der Waals surface area contributed by atoms with E-state index in [2.05, 4.69) is 5.10 Å². The van der Waals surface area contributed by atoms with E-state index in [1.165, 1.54) is 0 Å². The van der Waals surface area contributed by atoms with Gasteiger partial charge in [-0.2, -0.15) is 5.10 Å². The van der Waals surface area contributed by atoms with E-state index >= 15 is 0 Å². The second-order valence-corrected chi connectivity index (χ2v) is 3.93. The molecular weight excluding hydrogens is 194 g/mol. The van der Waals surface area contributed by atoms with Gasteiger partial charge in [0.2, 0.25) is 5.91 Å². The van der Waals surface area contributed by atoms with Crippen LogP contribution in [0.2, 0.25) is 0 Å².